The average Bonchev–Trinajstić information content (AvgIpc) is 3.05. The molecule has 0 aliphatic rings. The zero-order valence-electron chi connectivity index (χ0n) is 18.0. The van der Waals surface area contributed by atoms with E-state index in [0.29, 0.717) is 28.3 Å². The van der Waals surface area contributed by atoms with Gasteiger partial charge in [-0.25, -0.2) is 23.3 Å². The highest BCUT2D eigenvalue weighted by Crippen LogP contribution is 2.19. The van der Waals surface area contributed by atoms with Crippen molar-refractivity contribution in [2.24, 2.45) is 0 Å². The third-order valence-corrected chi connectivity index (χ3v) is 5.02. The molecular formula is C23H23FN6O2. The largest absolute Gasteiger partial charge is 0.353 e. The van der Waals surface area contributed by atoms with E-state index in [1.165, 1.54) is 10.5 Å². The predicted molar refractivity (Wildman–Crippen MR) is 121 cm³/mol. The lowest BCUT2D eigenvalue weighted by atomic mass is 10.1. The fourth-order valence-electron chi connectivity index (χ4n) is 3.40. The highest BCUT2D eigenvalue weighted by atomic mass is 19.1. The van der Waals surface area contributed by atoms with Gasteiger partial charge in [0.1, 0.15) is 12.4 Å². The number of carbonyl (C=O) groups excluding carboxylic acids is 1. The molecule has 0 unspecified atom stereocenters. The molecule has 2 N–H and O–H groups in total. The van der Waals surface area contributed by atoms with E-state index in [-0.39, 0.29) is 24.2 Å². The summed E-state index contributed by atoms with van der Waals surface area (Å²) in [5, 5.41) is 10.1. The molecule has 0 aliphatic heterocycles. The molecule has 2 heterocycles. The smallest absolute Gasteiger partial charge is 0.325 e. The first-order chi connectivity index (χ1) is 15.3. The van der Waals surface area contributed by atoms with Crippen LogP contribution in [0.2, 0.25) is 0 Å². The van der Waals surface area contributed by atoms with E-state index in [1.54, 1.807) is 38.1 Å². The Hall–Kier alpha value is -4.01. The Morgan fingerprint density at radius 2 is 1.91 bits per heavy atom. The van der Waals surface area contributed by atoms with Crippen LogP contribution >= 0.6 is 0 Å². The summed E-state index contributed by atoms with van der Waals surface area (Å²) in [6, 6.07) is 13.7. The van der Waals surface area contributed by atoms with Gasteiger partial charge in [-0.05, 0) is 61.7 Å². The van der Waals surface area contributed by atoms with E-state index in [2.05, 4.69) is 20.7 Å². The third-order valence-electron chi connectivity index (χ3n) is 5.02. The number of carbonyl (C=O) groups is 1. The van der Waals surface area contributed by atoms with Crippen molar-refractivity contribution in [3.63, 3.8) is 0 Å². The van der Waals surface area contributed by atoms with Crippen molar-refractivity contribution in [3.05, 3.63) is 81.7 Å². The molecule has 0 saturated carbocycles. The summed E-state index contributed by atoms with van der Waals surface area (Å²) in [5.41, 5.74) is 3.29. The van der Waals surface area contributed by atoms with Gasteiger partial charge in [-0.2, -0.15) is 0 Å². The maximum atomic E-state index is 13.6. The van der Waals surface area contributed by atoms with Crippen LogP contribution in [0.5, 0.6) is 0 Å². The van der Waals surface area contributed by atoms with Crippen LogP contribution in [0.3, 0.4) is 0 Å². The van der Waals surface area contributed by atoms with Crippen LogP contribution in [0.15, 0.2) is 53.3 Å². The van der Waals surface area contributed by atoms with E-state index in [1.807, 2.05) is 25.1 Å². The highest BCUT2D eigenvalue weighted by Gasteiger charge is 2.16. The molecule has 8 nitrogen and oxygen atoms in total. The Morgan fingerprint density at radius 1 is 1.09 bits per heavy atom. The van der Waals surface area contributed by atoms with Gasteiger partial charge in [-0.1, -0.05) is 19.1 Å². The quantitative estimate of drug-likeness (QED) is 0.484. The zero-order valence-corrected chi connectivity index (χ0v) is 18.0. The molecule has 0 spiro atoms. The van der Waals surface area contributed by atoms with Gasteiger partial charge in [0.05, 0.1) is 0 Å². The standard InChI is InChI=1S/C23H23FN6O2/c1-4-16-6-5-7-17(12-16)26-21(31)13-29-23(32)30-20(28-29)11-15(3)25-22(30)27-18-8-9-19(24)14(2)10-18/h5-12H,4,13H2,1-3H3,(H,25,27)(H,26,31). The number of nitrogens with one attached hydrogen (secondary N) is 2. The lowest BCUT2D eigenvalue weighted by Crippen LogP contribution is -2.29. The topological polar surface area (TPSA) is 93.3 Å². The minimum atomic E-state index is -0.508. The maximum absolute atomic E-state index is 13.6. The summed E-state index contributed by atoms with van der Waals surface area (Å²) < 4.78 is 16.0. The molecule has 4 rings (SSSR count). The first-order valence-corrected chi connectivity index (χ1v) is 10.2. The van der Waals surface area contributed by atoms with Crippen LogP contribution in [0.25, 0.3) is 5.65 Å². The molecule has 164 valence electrons. The fraction of sp³-hybridized carbons (Fsp3) is 0.217. The van der Waals surface area contributed by atoms with E-state index >= 15 is 0 Å². The number of anilines is 3. The van der Waals surface area contributed by atoms with Gasteiger partial charge in [0.25, 0.3) is 0 Å². The first-order valence-electron chi connectivity index (χ1n) is 10.2. The minimum absolute atomic E-state index is 0.235. The summed E-state index contributed by atoms with van der Waals surface area (Å²) in [6.45, 7) is 5.22. The van der Waals surface area contributed by atoms with E-state index < -0.39 is 5.69 Å². The van der Waals surface area contributed by atoms with Crippen LogP contribution in [0.4, 0.5) is 21.7 Å². The lowest BCUT2D eigenvalue weighted by molar-refractivity contribution is -0.117. The molecule has 2 aromatic heterocycles. The summed E-state index contributed by atoms with van der Waals surface area (Å²) in [4.78, 5) is 29.9. The summed E-state index contributed by atoms with van der Waals surface area (Å²) in [6.07, 6.45) is 0.852. The van der Waals surface area contributed by atoms with Crippen LogP contribution in [-0.4, -0.2) is 25.1 Å². The number of aryl methyl sites for hydroxylation is 3. The molecule has 0 radical (unpaired) electrons. The molecule has 0 atom stereocenters. The Kier molecular flexibility index (Phi) is 5.72. The third kappa shape index (κ3) is 4.36. The lowest BCUT2D eigenvalue weighted by Gasteiger charge is -2.09. The summed E-state index contributed by atoms with van der Waals surface area (Å²) >= 11 is 0. The normalized spacial score (nSPS) is 11.0. The van der Waals surface area contributed by atoms with Gasteiger partial charge in [0.2, 0.25) is 11.9 Å². The predicted octanol–water partition coefficient (Wildman–Crippen LogP) is 3.59. The number of halogens is 1. The van der Waals surface area contributed by atoms with Crippen molar-refractivity contribution in [1.29, 1.82) is 0 Å². The Bertz CT molecular complexity index is 1370. The molecule has 9 heteroatoms. The van der Waals surface area contributed by atoms with Crippen molar-refractivity contribution < 1.29 is 9.18 Å². The van der Waals surface area contributed by atoms with Gasteiger partial charge in [0.15, 0.2) is 5.65 Å². The molecule has 1 amide bonds. The van der Waals surface area contributed by atoms with E-state index in [4.69, 9.17) is 0 Å². The van der Waals surface area contributed by atoms with Crippen molar-refractivity contribution in [3.8, 4) is 0 Å². The average molecular weight is 434 g/mol. The van der Waals surface area contributed by atoms with Crippen LogP contribution in [0.1, 0.15) is 23.7 Å². The fourth-order valence-corrected chi connectivity index (χ4v) is 3.40. The molecule has 2 aromatic carbocycles. The monoisotopic (exact) mass is 434 g/mol. The first kappa shape index (κ1) is 21.2. The number of hydrogen-bond acceptors (Lipinski definition) is 5. The number of benzene rings is 2. The van der Waals surface area contributed by atoms with Gasteiger partial charge in [-0.3, -0.25) is 4.79 Å². The number of hydrogen-bond donors (Lipinski definition) is 2. The zero-order chi connectivity index (χ0) is 22.8. The summed E-state index contributed by atoms with van der Waals surface area (Å²) in [7, 11) is 0. The van der Waals surface area contributed by atoms with E-state index in [0.717, 1.165) is 16.7 Å². The Balaban J connectivity index is 1.63. The maximum Gasteiger partial charge on any atom is 0.353 e. The van der Waals surface area contributed by atoms with Gasteiger partial charge in [0, 0.05) is 23.1 Å². The molecule has 0 aliphatic carbocycles. The molecule has 0 saturated heterocycles. The van der Waals surface area contributed by atoms with Gasteiger partial charge >= 0.3 is 5.69 Å². The second-order valence-corrected chi connectivity index (χ2v) is 7.55. The SMILES string of the molecule is CCc1cccc(NC(=O)Cn2nc3cc(C)nc(Nc4ccc(F)c(C)c4)n3c2=O)c1. The second-order valence-electron chi connectivity index (χ2n) is 7.55. The van der Waals surface area contributed by atoms with Crippen LogP contribution in [0, 0.1) is 19.7 Å². The molecule has 4 aromatic rings. The van der Waals surface area contributed by atoms with E-state index in [9.17, 15) is 14.0 Å². The molecule has 32 heavy (non-hydrogen) atoms. The van der Waals surface area contributed by atoms with Crippen LogP contribution in [-0.2, 0) is 17.8 Å². The van der Waals surface area contributed by atoms with Crippen molar-refractivity contribution in [1.82, 2.24) is 19.2 Å². The van der Waals surface area contributed by atoms with Gasteiger partial charge in [-0.15, -0.1) is 5.10 Å². The Labute approximate surface area is 183 Å². The van der Waals surface area contributed by atoms with Crippen molar-refractivity contribution in [2.75, 3.05) is 10.6 Å². The highest BCUT2D eigenvalue weighted by molar-refractivity contribution is 5.90. The molecule has 0 bridgehead atoms. The number of nitrogens with zero attached hydrogens (tertiary/aromatic N) is 4. The van der Waals surface area contributed by atoms with Crippen molar-refractivity contribution in [2.45, 2.75) is 33.7 Å². The van der Waals surface area contributed by atoms with Crippen LogP contribution < -0.4 is 16.3 Å². The molecular weight excluding hydrogens is 411 g/mol. The minimum Gasteiger partial charge on any atom is -0.325 e. The second kappa shape index (κ2) is 8.62. The number of fused-ring (bicyclic) bond motifs is 1. The number of amides is 1. The summed E-state index contributed by atoms with van der Waals surface area (Å²) in [5.74, 6) is -0.450. The van der Waals surface area contributed by atoms with Gasteiger partial charge < -0.3 is 10.6 Å². The van der Waals surface area contributed by atoms with Crippen molar-refractivity contribution >= 4 is 28.9 Å². The molecule has 0 fully saturated rings. The Morgan fingerprint density at radius 3 is 2.66 bits per heavy atom. The number of rotatable bonds is 6. The number of aromatic nitrogens is 4.